The van der Waals surface area contributed by atoms with Crippen LogP contribution in [0, 0.1) is 0 Å². The summed E-state index contributed by atoms with van der Waals surface area (Å²) in [7, 11) is 0. The third-order valence-electron chi connectivity index (χ3n) is 4.30. The van der Waals surface area contributed by atoms with Crippen molar-refractivity contribution in [3.8, 4) is 0 Å². The maximum Gasteiger partial charge on any atom is 0.253 e. The minimum atomic E-state index is -0.0581. The average molecular weight is 386 g/mol. The number of nitrogens with one attached hydrogen (secondary N) is 2. The van der Waals surface area contributed by atoms with Crippen LogP contribution in [-0.4, -0.2) is 21.5 Å². The Bertz CT molecular complexity index is 947. The summed E-state index contributed by atoms with van der Waals surface area (Å²) >= 11 is 7.23. The first-order valence-corrected chi connectivity index (χ1v) is 10.1. The molecule has 0 aliphatic heterocycles. The number of benzene rings is 1. The summed E-state index contributed by atoms with van der Waals surface area (Å²) in [6, 6.07) is 12.3. The number of thiophene rings is 1. The van der Waals surface area contributed by atoms with E-state index in [1.165, 1.54) is 10.4 Å². The Balaban J connectivity index is 1.92. The lowest BCUT2D eigenvalue weighted by atomic mass is 10.1. The van der Waals surface area contributed by atoms with E-state index in [9.17, 15) is 4.79 Å². The molecule has 0 amide bonds. The van der Waals surface area contributed by atoms with Crippen LogP contribution in [0.1, 0.15) is 29.9 Å². The van der Waals surface area contributed by atoms with Gasteiger partial charge in [-0.1, -0.05) is 19.1 Å². The standard InChI is InChI=1S/C20H23N3OS2/c1-3-14-7-8-18-15(10-14)11-16(19(24)22-18)12-23(20(25)21-4-2)13-17-6-5-9-26-17/h5-11H,3-4,12-13H2,1-2H3,(H,21,25)(H,22,24). The molecule has 0 saturated heterocycles. The number of aromatic nitrogens is 1. The first-order valence-electron chi connectivity index (χ1n) is 8.80. The number of hydrogen-bond acceptors (Lipinski definition) is 3. The lowest BCUT2D eigenvalue weighted by Crippen LogP contribution is -2.39. The van der Waals surface area contributed by atoms with Crippen LogP contribution >= 0.6 is 23.6 Å². The molecule has 2 aromatic heterocycles. The highest BCUT2D eigenvalue weighted by atomic mass is 32.1. The Morgan fingerprint density at radius 1 is 1.23 bits per heavy atom. The van der Waals surface area contributed by atoms with Crippen molar-refractivity contribution in [1.29, 1.82) is 0 Å². The van der Waals surface area contributed by atoms with Crippen LogP contribution in [0.15, 0.2) is 46.6 Å². The molecule has 0 spiro atoms. The largest absolute Gasteiger partial charge is 0.363 e. The molecule has 26 heavy (non-hydrogen) atoms. The van der Waals surface area contributed by atoms with E-state index in [0.29, 0.717) is 18.2 Å². The number of thiocarbonyl (C=S) groups is 1. The number of aryl methyl sites for hydroxylation is 1. The van der Waals surface area contributed by atoms with Gasteiger partial charge in [0.1, 0.15) is 0 Å². The molecule has 6 heteroatoms. The van der Waals surface area contributed by atoms with E-state index < -0.39 is 0 Å². The predicted octanol–water partition coefficient (Wildman–Crippen LogP) is 4.05. The number of H-pyrrole nitrogens is 1. The lowest BCUT2D eigenvalue weighted by molar-refractivity contribution is 0.402. The van der Waals surface area contributed by atoms with Gasteiger partial charge in [0.2, 0.25) is 0 Å². The van der Waals surface area contributed by atoms with Gasteiger partial charge in [0.25, 0.3) is 5.56 Å². The molecule has 0 bridgehead atoms. The highest BCUT2D eigenvalue weighted by molar-refractivity contribution is 7.80. The van der Waals surface area contributed by atoms with Gasteiger partial charge < -0.3 is 15.2 Å². The summed E-state index contributed by atoms with van der Waals surface area (Å²) < 4.78 is 0. The molecule has 0 fully saturated rings. The average Bonchev–Trinajstić information content (AvgIpc) is 3.14. The zero-order valence-corrected chi connectivity index (χ0v) is 16.7. The topological polar surface area (TPSA) is 48.1 Å². The zero-order chi connectivity index (χ0) is 18.5. The number of rotatable bonds is 6. The SMILES string of the molecule is CCNC(=S)N(Cc1cccs1)Cc1cc2cc(CC)ccc2[nH]c1=O. The molecule has 1 aromatic carbocycles. The number of pyridine rings is 1. The maximum absolute atomic E-state index is 12.6. The fourth-order valence-electron chi connectivity index (χ4n) is 2.90. The molecule has 0 unspecified atom stereocenters. The van der Waals surface area contributed by atoms with Crippen molar-refractivity contribution in [2.75, 3.05) is 6.54 Å². The third-order valence-corrected chi connectivity index (χ3v) is 5.56. The van der Waals surface area contributed by atoms with Crippen LogP contribution in [-0.2, 0) is 19.5 Å². The van der Waals surface area contributed by atoms with E-state index in [2.05, 4.69) is 40.8 Å². The van der Waals surface area contributed by atoms with E-state index in [4.69, 9.17) is 12.2 Å². The van der Waals surface area contributed by atoms with Gasteiger partial charge in [0.15, 0.2) is 5.11 Å². The normalized spacial score (nSPS) is 10.8. The molecule has 3 aromatic rings. The number of fused-ring (bicyclic) bond motifs is 1. The van der Waals surface area contributed by atoms with Gasteiger partial charge in [-0.05, 0) is 66.2 Å². The molecule has 0 aliphatic carbocycles. The Morgan fingerprint density at radius 2 is 2.08 bits per heavy atom. The van der Waals surface area contributed by atoms with Crippen molar-refractivity contribution < 1.29 is 0 Å². The summed E-state index contributed by atoms with van der Waals surface area (Å²) in [4.78, 5) is 18.8. The van der Waals surface area contributed by atoms with Crippen molar-refractivity contribution in [2.45, 2.75) is 33.4 Å². The molecule has 2 heterocycles. The molecule has 0 saturated carbocycles. The Labute approximate surface area is 162 Å². The molecule has 2 N–H and O–H groups in total. The fraction of sp³-hybridized carbons (Fsp3) is 0.300. The van der Waals surface area contributed by atoms with Gasteiger partial charge in [-0.25, -0.2) is 0 Å². The van der Waals surface area contributed by atoms with Gasteiger partial charge in [0.05, 0.1) is 13.1 Å². The summed E-state index contributed by atoms with van der Waals surface area (Å²) in [6.45, 7) is 6.07. The second-order valence-electron chi connectivity index (χ2n) is 6.17. The van der Waals surface area contributed by atoms with Crippen LogP contribution in [0.25, 0.3) is 10.9 Å². The first-order chi connectivity index (χ1) is 12.6. The minimum Gasteiger partial charge on any atom is -0.363 e. The second kappa shape index (κ2) is 8.47. The lowest BCUT2D eigenvalue weighted by Gasteiger charge is -2.25. The molecule has 0 atom stereocenters. The van der Waals surface area contributed by atoms with E-state index in [1.54, 1.807) is 11.3 Å². The van der Waals surface area contributed by atoms with Crippen molar-refractivity contribution in [1.82, 2.24) is 15.2 Å². The van der Waals surface area contributed by atoms with Gasteiger partial charge in [0, 0.05) is 22.5 Å². The van der Waals surface area contributed by atoms with Crippen molar-refractivity contribution in [2.24, 2.45) is 0 Å². The van der Waals surface area contributed by atoms with E-state index >= 15 is 0 Å². The van der Waals surface area contributed by atoms with Crippen molar-refractivity contribution >= 4 is 39.6 Å². The molecular formula is C20H23N3OS2. The van der Waals surface area contributed by atoms with Crippen molar-refractivity contribution in [3.63, 3.8) is 0 Å². The number of aromatic amines is 1. The smallest absolute Gasteiger partial charge is 0.253 e. The summed E-state index contributed by atoms with van der Waals surface area (Å²) in [5.74, 6) is 0. The van der Waals surface area contributed by atoms with Crippen LogP contribution in [0.3, 0.4) is 0 Å². The van der Waals surface area contributed by atoms with Crippen LogP contribution < -0.4 is 10.9 Å². The van der Waals surface area contributed by atoms with Crippen LogP contribution in [0.4, 0.5) is 0 Å². The fourth-order valence-corrected chi connectivity index (χ4v) is 3.89. The highest BCUT2D eigenvalue weighted by Crippen LogP contribution is 2.17. The molecule has 136 valence electrons. The minimum absolute atomic E-state index is 0.0581. The number of hydrogen-bond donors (Lipinski definition) is 2. The van der Waals surface area contributed by atoms with E-state index in [0.717, 1.165) is 29.4 Å². The molecule has 4 nitrogen and oxygen atoms in total. The Hall–Kier alpha value is -2.18. The summed E-state index contributed by atoms with van der Waals surface area (Å²) in [6.07, 6.45) is 0.972. The monoisotopic (exact) mass is 385 g/mol. The van der Waals surface area contributed by atoms with E-state index in [1.807, 2.05) is 30.0 Å². The quantitative estimate of drug-likeness (QED) is 0.629. The highest BCUT2D eigenvalue weighted by Gasteiger charge is 2.14. The zero-order valence-electron chi connectivity index (χ0n) is 15.0. The Morgan fingerprint density at radius 3 is 2.77 bits per heavy atom. The Kier molecular flexibility index (Phi) is 6.06. The second-order valence-corrected chi connectivity index (χ2v) is 7.59. The van der Waals surface area contributed by atoms with Gasteiger partial charge in [-0.3, -0.25) is 4.79 Å². The van der Waals surface area contributed by atoms with Gasteiger partial charge in [-0.2, -0.15) is 0 Å². The van der Waals surface area contributed by atoms with Gasteiger partial charge >= 0.3 is 0 Å². The summed E-state index contributed by atoms with van der Waals surface area (Å²) in [5, 5.41) is 6.99. The maximum atomic E-state index is 12.6. The number of nitrogens with zero attached hydrogens (tertiary/aromatic N) is 1. The molecule has 0 radical (unpaired) electrons. The van der Waals surface area contributed by atoms with Crippen LogP contribution in [0.2, 0.25) is 0 Å². The predicted molar refractivity (Wildman–Crippen MR) is 114 cm³/mol. The third kappa shape index (κ3) is 4.31. The first kappa shape index (κ1) is 18.6. The van der Waals surface area contributed by atoms with Crippen LogP contribution in [0.5, 0.6) is 0 Å². The van der Waals surface area contributed by atoms with E-state index in [-0.39, 0.29) is 5.56 Å². The summed E-state index contributed by atoms with van der Waals surface area (Å²) in [5.41, 5.74) is 2.80. The molecule has 3 rings (SSSR count). The van der Waals surface area contributed by atoms with Crippen molar-refractivity contribution in [3.05, 3.63) is 68.1 Å². The molecular weight excluding hydrogens is 362 g/mol. The molecule has 0 aliphatic rings. The van der Waals surface area contributed by atoms with Gasteiger partial charge in [-0.15, -0.1) is 11.3 Å².